The number of hydrogen-bond donors (Lipinski definition) is 1. The lowest BCUT2D eigenvalue weighted by Crippen LogP contribution is -2.41. The van der Waals surface area contributed by atoms with Crippen LogP contribution in [0.5, 0.6) is 5.75 Å². The number of nitrogens with zero attached hydrogens (tertiary/aromatic N) is 2. The molecule has 0 atom stereocenters. The van der Waals surface area contributed by atoms with Crippen LogP contribution in [0.2, 0.25) is 0 Å². The number of aromatic nitrogens is 2. The molecule has 0 saturated carbocycles. The highest BCUT2D eigenvalue weighted by Gasteiger charge is 2.24. The van der Waals surface area contributed by atoms with Gasteiger partial charge in [0.1, 0.15) is 23.8 Å². The number of fused-ring (bicyclic) bond motifs is 1. The van der Waals surface area contributed by atoms with Crippen LogP contribution in [-0.4, -0.2) is 21.9 Å². The fourth-order valence-electron chi connectivity index (χ4n) is 3.44. The van der Waals surface area contributed by atoms with E-state index in [0.717, 1.165) is 18.4 Å². The molecule has 0 spiro atoms. The van der Waals surface area contributed by atoms with E-state index < -0.39 is 5.54 Å². The molecule has 30 heavy (non-hydrogen) atoms. The van der Waals surface area contributed by atoms with Crippen LogP contribution in [0.4, 0.5) is 4.39 Å². The molecule has 0 unspecified atom stereocenters. The largest absolute Gasteiger partial charge is 0.489 e. The van der Waals surface area contributed by atoms with Crippen molar-refractivity contribution in [1.82, 2.24) is 14.7 Å². The highest BCUT2D eigenvalue weighted by Crippen LogP contribution is 2.26. The second-order valence-corrected chi connectivity index (χ2v) is 7.86. The fraction of sp³-hybridized carbons (Fsp3) is 0.250. The first-order valence-electron chi connectivity index (χ1n) is 9.96. The van der Waals surface area contributed by atoms with Gasteiger partial charge in [-0.05, 0) is 62.6 Å². The Bertz CT molecular complexity index is 1140. The number of ether oxygens (including phenoxy) is 1. The minimum absolute atomic E-state index is 0.183. The minimum Gasteiger partial charge on any atom is -0.489 e. The first-order chi connectivity index (χ1) is 14.4. The number of hydrogen-bond acceptors (Lipinski definition) is 3. The Morgan fingerprint density at radius 1 is 1.20 bits per heavy atom. The van der Waals surface area contributed by atoms with Crippen LogP contribution in [0.15, 0.2) is 78.5 Å². The second kappa shape index (κ2) is 8.14. The maximum atomic E-state index is 13.9. The molecule has 0 saturated heterocycles. The predicted molar refractivity (Wildman–Crippen MR) is 114 cm³/mol. The normalized spacial score (nSPS) is 14.2. The zero-order valence-corrected chi connectivity index (χ0v) is 17.1. The van der Waals surface area contributed by atoms with E-state index >= 15 is 0 Å². The maximum Gasteiger partial charge on any atom is 0.252 e. The van der Waals surface area contributed by atoms with E-state index in [0.29, 0.717) is 22.5 Å². The van der Waals surface area contributed by atoms with Crippen molar-refractivity contribution in [1.29, 1.82) is 0 Å². The zero-order chi connectivity index (χ0) is 21.1. The Morgan fingerprint density at radius 3 is 2.87 bits per heavy atom. The molecule has 1 aliphatic rings. The molecular formula is C24H24FN3O2. The summed E-state index contributed by atoms with van der Waals surface area (Å²) in [4.78, 5) is 17.0. The van der Waals surface area contributed by atoms with Crippen molar-refractivity contribution >= 4 is 11.6 Å². The van der Waals surface area contributed by atoms with Crippen LogP contribution in [0.3, 0.4) is 0 Å². The number of rotatable bonds is 6. The Balaban J connectivity index is 1.46. The van der Waals surface area contributed by atoms with Gasteiger partial charge in [-0.3, -0.25) is 4.79 Å². The lowest BCUT2D eigenvalue weighted by Gasteiger charge is -2.27. The van der Waals surface area contributed by atoms with Gasteiger partial charge in [0.25, 0.3) is 5.91 Å². The molecule has 3 aromatic rings. The van der Waals surface area contributed by atoms with Crippen molar-refractivity contribution in [2.45, 2.75) is 32.2 Å². The van der Waals surface area contributed by atoms with E-state index in [2.05, 4.69) is 10.3 Å². The lowest BCUT2D eigenvalue weighted by molar-refractivity contribution is 0.0912. The smallest absolute Gasteiger partial charge is 0.252 e. The van der Waals surface area contributed by atoms with Gasteiger partial charge in [-0.15, -0.1) is 0 Å². The van der Waals surface area contributed by atoms with Crippen LogP contribution in [-0.2, 0) is 5.54 Å². The van der Waals surface area contributed by atoms with E-state index in [9.17, 15) is 9.18 Å². The number of benzene rings is 1. The fourth-order valence-corrected chi connectivity index (χ4v) is 3.44. The molecule has 1 amide bonds. The van der Waals surface area contributed by atoms with Crippen molar-refractivity contribution < 1.29 is 13.9 Å². The number of pyridine rings is 1. The quantitative estimate of drug-likeness (QED) is 0.631. The summed E-state index contributed by atoms with van der Waals surface area (Å²) in [5.41, 5.74) is 2.10. The highest BCUT2D eigenvalue weighted by molar-refractivity contribution is 5.95. The molecule has 5 nitrogen and oxygen atoms in total. The summed E-state index contributed by atoms with van der Waals surface area (Å²) in [5.74, 6) is 0.240. The molecule has 2 heterocycles. The molecule has 6 heteroatoms. The Hall–Kier alpha value is -3.41. The summed E-state index contributed by atoms with van der Waals surface area (Å²) in [7, 11) is 0. The van der Waals surface area contributed by atoms with Crippen molar-refractivity contribution in [3.8, 4) is 5.75 Å². The molecule has 0 bridgehead atoms. The van der Waals surface area contributed by atoms with E-state index in [1.807, 2.05) is 61.0 Å². The van der Waals surface area contributed by atoms with Gasteiger partial charge in [-0.25, -0.2) is 9.37 Å². The number of allylic oxidation sites excluding steroid dienone is 2. The number of carbonyl (C=O) groups excluding carboxylic acids is 1. The van der Waals surface area contributed by atoms with E-state index in [-0.39, 0.29) is 18.3 Å². The van der Waals surface area contributed by atoms with E-state index in [1.165, 1.54) is 0 Å². The Morgan fingerprint density at radius 2 is 2.03 bits per heavy atom. The molecule has 1 N–H and O–H groups in total. The predicted octanol–water partition coefficient (Wildman–Crippen LogP) is 4.95. The summed E-state index contributed by atoms with van der Waals surface area (Å²) in [5, 5.41) is 3.07. The van der Waals surface area contributed by atoms with Gasteiger partial charge in [-0.2, -0.15) is 0 Å². The lowest BCUT2D eigenvalue weighted by atomic mass is 9.93. The van der Waals surface area contributed by atoms with Gasteiger partial charge in [0, 0.05) is 29.7 Å². The van der Waals surface area contributed by atoms with Gasteiger partial charge in [0.15, 0.2) is 0 Å². The molecule has 2 aromatic heterocycles. The van der Waals surface area contributed by atoms with Crippen LogP contribution in [0.25, 0.3) is 5.65 Å². The SMILES string of the molecule is CC(C)(NC(=O)c1ccn2ccnc2c1)c1cccc(OCC2=CCCC=C2F)c1. The van der Waals surface area contributed by atoms with Gasteiger partial charge in [0.2, 0.25) is 0 Å². The monoisotopic (exact) mass is 405 g/mol. The van der Waals surface area contributed by atoms with Crippen molar-refractivity contribution in [3.63, 3.8) is 0 Å². The highest BCUT2D eigenvalue weighted by atomic mass is 19.1. The molecule has 1 aromatic carbocycles. The number of nitrogens with one attached hydrogen (secondary N) is 1. The van der Waals surface area contributed by atoms with Crippen LogP contribution in [0.1, 0.15) is 42.6 Å². The Labute approximate surface area is 174 Å². The minimum atomic E-state index is -0.632. The van der Waals surface area contributed by atoms with Crippen LogP contribution >= 0.6 is 0 Å². The maximum absolute atomic E-state index is 13.9. The average molecular weight is 405 g/mol. The third kappa shape index (κ3) is 4.27. The first-order valence-corrected chi connectivity index (χ1v) is 9.96. The van der Waals surface area contributed by atoms with Crippen molar-refractivity contribution in [3.05, 3.63) is 89.7 Å². The molecule has 0 fully saturated rings. The van der Waals surface area contributed by atoms with Crippen LogP contribution in [0, 0.1) is 0 Å². The molecular weight excluding hydrogens is 381 g/mol. The van der Waals surface area contributed by atoms with Crippen molar-refractivity contribution in [2.75, 3.05) is 6.61 Å². The number of halogens is 1. The van der Waals surface area contributed by atoms with Crippen molar-refractivity contribution in [2.24, 2.45) is 0 Å². The Kier molecular flexibility index (Phi) is 5.40. The van der Waals surface area contributed by atoms with Gasteiger partial charge in [-0.1, -0.05) is 18.2 Å². The third-order valence-corrected chi connectivity index (χ3v) is 5.22. The summed E-state index contributed by atoms with van der Waals surface area (Å²) >= 11 is 0. The standard InChI is InChI=1S/C24H24FN3O2/c1-24(2,27-23(29)17-10-12-28-13-11-26-22(28)14-17)19-7-5-8-20(15-19)30-16-18-6-3-4-9-21(18)25/h5-15H,3-4,16H2,1-2H3,(H,27,29). The summed E-state index contributed by atoms with van der Waals surface area (Å²) in [6.07, 6.45) is 10.4. The topological polar surface area (TPSA) is 55.6 Å². The van der Waals surface area contributed by atoms with Gasteiger partial charge < -0.3 is 14.5 Å². The molecule has 4 rings (SSSR count). The third-order valence-electron chi connectivity index (χ3n) is 5.22. The second-order valence-electron chi connectivity index (χ2n) is 7.86. The molecule has 0 aliphatic heterocycles. The molecule has 154 valence electrons. The summed E-state index contributed by atoms with van der Waals surface area (Å²) in [6, 6.07) is 11.0. The van der Waals surface area contributed by atoms with Gasteiger partial charge >= 0.3 is 0 Å². The van der Waals surface area contributed by atoms with Gasteiger partial charge in [0.05, 0.1) is 5.54 Å². The molecule has 1 aliphatic carbocycles. The molecule has 0 radical (unpaired) electrons. The average Bonchev–Trinajstić information content (AvgIpc) is 3.21. The first kappa shape index (κ1) is 19.9. The number of imidazole rings is 1. The van der Waals surface area contributed by atoms with E-state index in [4.69, 9.17) is 4.74 Å². The van der Waals surface area contributed by atoms with Crippen LogP contribution < -0.4 is 10.1 Å². The summed E-state index contributed by atoms with van der Waals surface area (Å²) < 4.78 is 21.5. The zero-order valence-electron chi connectivity index (χ0n) is 17.1. The number of amides is 1. The number of carbonyl (C=O) groups is 1. The van der Waals surface area contributed by atoms with E-state index in [1.54, 1.807) is 24.4 Å². The summed E-state index contributed by atoms with van der Waals surface area (Å²) in [6.45, 7) is 4.05.